The van der Waals surface area contributed by atoms with E-state index >= 15 is 0 Å². The Morgan fingerprint density at radius 2 is 2.19 bits per heavy atom. The van der Waals surface area contributed by atoms with E-state index in [0.717, 1.165) is 0 Å². The van der Waals surface area contributed by atoms with Gasteiger partial charge in [-0.2, -0.15) is 0 Å². The maximum atomic E-state index is 12.0. The van der Waals surface area contributed by atoms with Crippen LogP contribution in [0.1, 0.15) is 16.8 Å². The molecule has 7 nitrogen and oxygen atoms in total. The van der Waals surface area contributed by atoms with Crippen LogP contribution < -0.4 is 10.1 Å². The molecule has 1 saturated heterocycles. The van der Waals surface area contributed by atoms with Crippen LogP contribution in [0.25, 0.3) is 0 Å². The van der Waals surface area contributed by atoms with Gasteiger partial charge >= 0.3 is 12.0 Å². The summed E-state index contributed by atoms with van der Waals surface area (Å²) in [5.41, 5.74) is 0.169. The summed E-state index contributed by atoms with van der Waals surface area (Å²) in [5.74, 6) is -1.07. The number of methoxy groups -OCH3 is 1. The summed E-state index contributed by atoms with van der Waals surface area (Å²) in [6.07, 6.45) is 0.0118. The highest BCUT2D eigenvalue weighted by molar-refractivity contribution is 6.34. The molecular weight excluding hydrogens is 300 g/mol. The van der Waals surface area contributed by atoms with Crippen molar-refractivity contribution in [2.75, 3.05) is 25.5 Å². The third kappa shape index (κ3) is 3.37. The summed E-state index contributed by atoms with van der Waals surface area (Å²) < 4.78 is 4.98. The molecular formula is C13H15ClN2O5. The molecule has 0 radical (unpaired) electrons. The molecule has 1 unspecified atom stereocenters. The number of carboxylic acids is 1. The van der Waals surface area contributed by atoms with Crippen molar-refractivity contribution in [1.29, 1.82) is 0 Å². The van der Waals surface area contributed by atoms with Crippen molar-refractivity contribution in [3.8, 4) is 5.75 Å². The van der Waals surface area contributed by atoms with E-state index in [-0.39, 0.29) is 28.6 Å². The predicted octanol–water partition coefficient (Wildman–Crippen LogP) is 1.65. The molecule has 114 valence electrons. The number of aromatic carboxylic acids is 1. The van der Waals surface area contributed by atoms with Crippen LogP contribution in [0.5, 0.6) is 5.75 Å². The molecule has 1 aromatic rings. The molecule has 0 spiro atoms. The number of carbonyl (C=O) groups excluding carboxylic acids is 1. The number of β-amino-alcohol motifs (C(OH)–C–C–N with tert-alkyl or cyclic N) is 1. The summed E-state index contributed by atoms with van der Waals surface area (Å²) in [5, 5.41) is 21.1. The zero-order chi connectivity index (χ0) is 15.6. The largest absolute Gasteiger partial charge is 0.496 e. The van der Waals surface area contributed by atoms with E-state index in [1.807, 2.05) is 0 Å². The molecule has 1 aliphatic heterocycles. The normalized spacial score (nSPS) is 17.7. The number of nitrogens with one attached hydrogen (secondary N) is 1. The Morgan fingerprint density at radius 3 is 2.71 bits per heavy atom. The molecule has 0 bridgehead atoms. The third-order valence-electron chi connectivity index (χ3n) is 3.21. The Kier molecular flexibility index (Phi) is 4.54. The number of rotatable bonds is 3. The second-order valence-electron chi connectivity index (χ2n) is 4.66. The Bertz CT molecular complexity index is 578. The first-order valence-electron chi connectivity index (χ1n) is 6.27. The van der Waals surface area contributed by atoms with Gasteiger partial charge in [-0.15, -0.1) is 0 Å². The van der Waals surface area contributed by atoms with Crippen LogP contribution in [0.4, 0.5) is 10.5 Å². The summed E-state index contributed by atoms with van der Waals surface area (Å²) in [6, 6.07) is 2.17. The average Bonchev–Trinajstić information content (AvgIpc) is 2.87. The lowest BCUT2D eigenvalue weighted by molar-refractivity contribution is 0.0693. The van der Waals surface area contributed by atoms with Crippen LogP contribution in [0.3, 0.4) is 0 Å². The highest BCUT2D eigenvalue weighted by Crippen LogP contribution is 2.31. The molecule has 1 aliphatic rings. The van der Waals surface area contributed by atoms with Gasteiger partial charge in [0.25, 0.3) is 0 Å². The summed E-state index contributed by atoms with van der Waals surface area (Å²) in [7, 11) is 1.33. The zero-order valence-corrected chi connectivity index (χ0v) is 12.1. The highest BCUT2D eigenvalue weighted by atomic mass is 35.5. The summed E-state index contributed by atoms with van der Waals surface area (Å²) in [6.45, 7) is 0.711. The fourth-order valence-corrected chi connectivity index (χ4v) is 2.32. The SMILES string of the molecule is COc1cc(NC(=O)N2CCC(O)C2)c(Cl)cc1C(=O)O. The fraction of sp³-hybridized carbons (Fsp3) is 0.385. The maximum Gasteiger partial charge on any atom is 0.339 e. The van der Waals surface area contributed by atoms with Gasteiger partial charge in [0.1, 0.15) is 11.3 Å². The van der Waals surface area contributed by atoms with Crippen molar-refractivity contribution in [3.63, 3.8) is 0 Å². The summed E-state index contributed by atoms with van der Waals surface area (Å²) in [4.78, 5) is 24.5. The van der Waals surface area contributed by atoms with Crippen LogP contribution in [-0.2, 0) is 0 Å². The van der Waals surface area contributed by atoms with Gasteiger partial charge in [-0.25, -0.2) is 9.59 Å². The minimum absolute atomic E-state index is 0.0860. The maximum absolute atomic E-state index is 12.0. The number of aliphatic hydroxyl groups excluding tert-OH is 1. The molecule has 21 heavy (non-hydrogen) atoms. The number of aliphatic hydroxyl groups is 1. The number of ether oxygens (including phenoxy) is 1. The molecule has 1 heterocycles. The third-order valence-corrected chi connectivity index (χ3v) is 3.52. The number of nitrogens with zero attached hydrogens (tertiary/aromatic N) is 1. The zero-order valence-electron chi connectivity index (χ0n) is 11.3. The molecule has 0 aromatic heterocycles. The number of likely N-dealkylation sites (tertiary alicyclic amines) is 1. The van der Waals surface area contributed by atoms with E-state index in [1.165, 1.54) is 24.1 Å². The first kappa shape index (κ1) is 15.4. The quantitative estimate of drug-likeness (QED) is 0.787. The molecule has 1 atom stereocenters. The van der Waals surface area contributed by atoms with Crippen molar-refractivity contribution < 1.29 is 24.5 Å². The second kappa shape index (κ2) is 6.19. The van der Waals surface area contributed by atoms with Gasteiger partial charge in [-0.3, -0.25) is 0 Å². The van der Waals surface area contributed by atoms with Gasteiger partial charge in [-0.05, 0) is 12.5 Å². The van der Waals surface area contributed by atoms with Crippen LogP contribution in [0.15, 0.2) is 12.1 Å². The smallest absolute Gasteiger partial charge is 0.339 e. The molecule has 2 amide bonds. The molecule has 0 aliphatic carbocycles. The molecule has 3 N–H and O–H groups in total. The van der Waals surface area contributed by atoms with Crippen LogP contribution >= 0.6 is 11.6 Å². The highest BCUT2D eigenvalue weighted by Gasteiger charge is 2.25. The van der Waals surface area contributed by atoms with Crippen LogP contribution in [0, 0.1) is 0 Å². The van der Waals surface area contributed by atoms with Crippen molar-refractivity contribution in [3.05, 3.63) is 22.7 Å². The van der Waals surface area contributed by atoms with Crippen molar-refractivity contribution in [2.45, 2.75) is 12.5 Å². The van der Waals surface area contributed by atoms with E-state index in [4.69, 9.17) is 21.4 Å². The lowest BCUT2D eigenvalue weighted by Gasteiger charge is -2.18. The average molecular weight is 315 g/mol. The summed E-state index contributed by atoms with van der Waals surface area (Å²) >= 11 is 5.98. The van der Waals surface area contributed by atoms with Gasteiger partial charge in [0.05, 0.1) is 23.9 Å². The molecule has 2 rings (SSSR count). The number of benzene rings is 1. The monoisotopic (exact) mass is 314 g/mol. The van der Waals surface area contributed by atoms with Gasteiger partial charge in [0.2, 0.25) is 0 Å². The first-order valence-corrected chi connectivity index (χ1v) is 6.65. The molecule has 1 aromatic carbocycles. The Balaban J connectivity index is 2.20. The van der Waals surface area contributed by atoms with Gasteiger partial charge in [-0.1, -0.05) is 11.6 Å². The number of carbonyl (C=O) groups is 2. The fourth-order valence-electron chi connectivity index (χ4n) is 2.11. The van der Waals surface area contributed by atoms with Crippen molar-refractivity contribution in [1.82, 2.24) is 4.90 Å². The number of halogens is 1. The van der Waals surface area contributed by atoms with E-state index in [1.54, 1.807) is 0 Å². The predicted molar refractivity (Wildman–Crippen MR) is 76.2 cm³/mol. The van der Waals surface area contributed by atoms with E-state index < -0.39 is 18.1 Å². The number of hydrogen-bond acceptors (Lipinski definition) is 4. The topological polar surface area (TPSA) is 99.1 Å². The second-order valence-corrected chi connectivity index (χ2v) is 5.06. The lowest BCUT2D eigenvalue weighted by Crippen LogP contribution is -2.33. The number of carboxylic acid groups (broad SMARTS) is 1. The Hall–Kier alpha value is -1.99. The Morgan fingerprint density at radius 1 is 1.48 bits per heavy atom. The van der Waals surface area contributed by atoms with Crippen molar-refractivity contribution in [2.24, 2.45) is 0 Å². The van der Waals surface area contributed by atoms with Crippen molar-refractivity contribution >= 4 is 29.3 Å². The number of urea groups is 1. The van der Waals surface area contributed by atoms with E-state index in [2.05, 4.69) is 5.32 Å². The minimum atomic E-state index is -1.17. The van der Waals surface area contributed by atoms with Gasteiger partial charge in [0.15, 0.2) is 0 Å². The van der Waals surface area contributed by atoms with E-state index in [0.29, 0.717) is 13.0 Å². The number of hydrogen-bond donors (Lipinski definition) is 3. The minimum Gasteiger partial charge on any atom is -0.496 e. The standard InChI is InChI=1S/C13H15ClN2O5/c1-21-11-5-10(9(14)4-8(11)12(18)19)15-13(20)16-3-2-7(17)6-16/h4-5,7,17H,2-3,6H2,1H3,(H,15,20)(H,18,19). The van der Waals surface area contributed by atoms with Crippen LogP contribution in [0.2, 0.25) is 5.02 Å². The first-order chi connectivity index (χ1) is 9.92. The van der Waals surface area contributed by atoms with E-state index in [9.17, 15) is 14.7 Å². The molecule has 1 fully saturated rings. The number of anilines is 1. The lowest BCUT2D eigenvalue weighted by atomic mass is 10.2. The molecule has 8 heteroatoms. The molecule has 0 saturated carbocycles. The van der Waals surface area contributed by atoms with Crippen LogP contribution in [-0.4, -0.2) is 53.4 Å². The Labute approximate surface area is 126 Å². The van der Waals surface area contributed by atoms with Gasteiger partial charge in [0, 0.05) is 19.2 Å². The number of amides is 2. The van der Waals surface area contributed by atoms with Gasteiger partial charge < -0.3 is 25.2 Å².